The SMILES string of the molecule is CCNC(=O)CN(CC)C1CC2CCC1C2. The van der Waals surface area contributed by atoms with Gasteiger partial charge in [0.05, 0.1) is 6.54 Å². The molecule has 2 aliphatic carbocycles. The molecule has 0 heterocycles. The average Bonchev–Trinajstić information content (AvgIpc) is 2.87. The number of hydrogen-bond acceptors (Lipinski definition) is 2. The molecule has 0 aromatic carbocycles. The first-order valence-corrected chi connectivity index (χ1v) is 6.75. The van der Waals surface area contributed by atoms with E-state index in [0.717, 1.165) is 24.9 Å². The topological polar surface area (TPSA) is 32.3 Å². The smallest absolute Gasteiger partial charge is 0.234 e. The highest BCUT2D eigenvalue weighted by molar-refractivity contribution is 5.77. The van der Waals surface area contributed by atoms with E-state index in [0.29, 0.717) is 12.6 Å². The first-order valence-electron chi connectivity index (χ1n) is 6.75. The molecule has 92 valence electrons. The molecule has 16 heavy (non-hydrogen) atoms. The van der Waals surface area contributed by atoms with Crippen LogP contribution in [0.25, 0.3) is 0 Å². The van der Waals surface area contributed by atoms with Crippen LogP contribution < -0.4 is 5.32 Å². The fourth-order valence-corrected chi connectivity index (χ4v) is 3.56. The fourth-order valence-electron chi connectivity index (χ4n) is 3.56. The monoisotopic (exact) mass is 224 g/mol. The van der Waals surface area contributed by atoms with Crippen LogP contribution in [0.1, 0.15) is 39.5 Å². The number of nitrogens with zero attached hydrogens (tertiary/aromatic N) is 1. The van der Waals surface area contributed by atoms with E-state index in [1.54, 1.807) is 0 Å². The number of nitrogens with one attached hydrogen (secondary N) is 1. The van der Waals surface area contributed by atoms with Crippen LogP contribution in [0.4, 0.5) is 0 Å². The summed E-state index contributed by atoms with van der Waals surface area (Å²) in [7, 11) is 0. The number of rotatable bonds is 5. The van der Waals surface area contributed by atoms with Gasteiger partial charge in [-0.25, -0.2) is 0 Å². The zero-order valence-corrected chi connectivity index (χ0v) is 10.5. The molecule has 3 unspecified atom stereocenters. The van der Waals surface area contributed by atoms with Crippen molar-refractivity contribution in [3.05, 3.63) is 0 Å². The highest BCUT2D eigenvalue weighted by Crippen LogP contribution is 2.46. The van der Waals surface area contributed by atoms with Crippen LogP contribution in [0, 0.1) is 11.8 Å². The van der Waals surface area contributed by atoms with Gasteiger partial charge in [-0.15, -0.1) is 0 Å². The van der Waals surface area contributed by atoms with Crippen LogP contribution in [0.2, 0.25) is 0 Å². The second kappa shape index (κ2) is 5.17. The summed E-state index contributed by atoms with van der Waals surface area (Å²) >= 11 is 0. The molecule has 2 aliphatic rings. The Morgan fingerprint density at radius 3 is 2.62 bits per heavy atom. The quantitative estimate of drug-likeness (QED) is 0.770. The van der Waals surface area contributed by atoms with E-state index in [-0.39, 0.29) is 5.91 Å². The van der Waals surface area contributed by atoms with Crippen LogP contribution in [0.5, 0.6) is 0 Å². The minimum absolute atomic E-state index is 0.187. The Balaban J connectivity index is 1.87. The predicted octanol–water partition coefficient (Wildman–Crippen LogP) is 1.63. The third-order valence-electron chi connectivity index (χ3n) is 4.30. The molecule has 0 spiro atoms. The van der Waals surface area contributed by atoms with Gasteiger partial charge in [-0.05, 0) is 44.6 Å². The van der Waals surface area contributed by atoms with Crippen LogP contribution >= 0.6 is 0 Å². The Hall–Kier alpha value is -0.570. The van der Waals surface area contributed by atoms with Crippen LogP contribution in [0.3, 0.4) is 0 Å². The number of hydrogen-bond donors (Lipinski definition) is 1. The Morgan fingerprint density at radius 2 is 2.12 bits per heavy atom. The second-order valence-electron chi connectivity index (χ2n) is 5.26. The summed E-state index contributed by atoms with van der Waals surface area (Å²) in [4.78, 5) is 14.0. The van der Waals surface area contributed by atoms with E-state index >= 15 is 0 Å². The molecule has 1 amide bonds. The molecule has 0 saturated heterocycles. The third-order valence-corrected chi connectivity index (χ3v) is 4.30. The summed E-state index contributed by atoms with van der Waals surface area (Å²) in [5.41, 5.74) is 0. The first kappa shape index (κ1) is 11.9. The highest BCUT2D eigenvalue weighted by atomic mass is 16.2. The standard InChI is InChI=1S/C13H24N2O/c1-3-14-13(16)9-15(4-2)12-8-10-5-6-11(12)7-10/h10-12H,3-9H2,1-2H3,(H,14,16). The molecule has 2 fully saturated rings. The summed E-state index contributed by atoms with van der Waals surface area (Å²) in [5.74, 6) is 2.02. The molecular formula is C13H24N2O. The van der Waals surface area contributed by atoms with E-state index in [2.05, 4.69) is 17.1 Å². The maximum Gasteiger partial charge on any atom is 0.234 e. The highest BCUT2D eigenvalue weighted by Gasteiger charge is 2.42. The molecule has 3 heteroatoms. The molecule has 2 rings (SSSR count). The van der Waals surface area contributed by atoms with Gasteiger partial charge in [-0.2, -0.15) is 0 Å². The van der Waals surface area contributed by atoms with Gasteiger partial charge < -0.3 is 5.32 Å². The van der Waals surface area contributed by atoms with Crippen LogP contribution in [-0.4, -0.2) is 36.5 Å². The molecule has 3 nitrogen and oxygen atoms in total. The maximum atomic E-state index is 11.6. The van der Waals surface area contributed by atoms with Crippen molar-refractivity contribution in [1.29, 1.82) is 0 Å². The normalized spacial score (nSPS) is 32.3. The zero-order valence-electron chi connectivity index (χ0n) is 10.5. The maximum absolute atomic E-state index is 11.6. The lowest BCUT2D eigenvalue weighted by Gasteiger charge is -2.33. The van der Waals surface area contributed by atoms with Gasteiger partial charge in [-0.3, -0.25) is 9.69 Å². The van der Waals surface area contributed by atoms with Crippen molar-refractivity contribution < 1.29 is 4.79 Å². The summed E-state index contributed by atoms with van der Waals surface area (Å²) in [6, 6.07) is 0.686. The van der Waals surface area contributed by atoms with E-state index in [1.165, 1.54) is 25.7 Å². The molecule has 2 saturated carbocycles. The molecular weight excluding hydrogens is 200 g/mol. The van der Waals surface area contributed by atoms with Gasteiger partial charge in [0.1, 0.15) is 0 Å². The van der Waals surface area contributed by atoms with Crippen molar-refractivity contribution in [1.82, 2.24) is 10.2 Å². The molecule has 0 aromatic rings. The molecule has 1 N–H and O–H groups in total. The summed E-state index contributed by atoms with van der Waals surface area (Å²) < 4.78 is 0. The molecule has 0 aromatic heterocycles. The molecule has 3 atom stereocenters. The number of likely N-dealkylation sites (N-methyl/N-ethyl adjacent to an activating group) is 2. The van der Waals surface area contributed by atoms with E-state index in [9.17, 15) is 4.79 Å². The third kappa shape index (κ3) is 2.40. The lowest BCUT2D eigenvalue weighted by Crippen LogP contribution is -2.45. The lowest BCUT2D eigenvalue weighted by molar-refractivity contribution is -0.122. The Morgan fingerprint density at radius 1 is 1.31 bits per heavy atom. The average molecular weight is 224 g/mol. The minimum atomic E-state index is 0.187. The van der Waals surface area contributed by atoms with Gasteiger partial charge in [0, 0.05) is 12.6 Å². The fraction of sp³-hybridized carbons (Fsp3) is 0.923. The number of fused-ring (bicyclic) bond motifs is 2. The van der Waals surface area contributed by atoms with Crippen molar-refractivity contribution in [3.63, 3.8) is 0 Å². The van der Waals surface area contributed by atoms with Crippen molar-refractivity contribution in [3.8, 4) is 0 Å². The van der Waals surface area contributed by atoms with E-state index in [1.807, 2.05) is 6.92 Å². The zero-order chi connectivity index (χ0) is 11.5. The van der Waals surface area contributed by atoms with E-state index in [4.69, 9.17) is 0 Å². The van der Waals surface area contributed by atoms with Crippen LogP contribution in [-0.2, 0) is 4.79 Å². The Kier molecular flexibility index (Phi) is 3.85. The van der Waals surface area contributed by atoms with Gasteiger partial charge in [-0.1, -0.05) is 13.3 Å². The summed E-state index contributed by atoms with van der Waals surface area (Å²) in [5, 5.41) is 2.90. The Labute approximate surface area is 98.6 Å². The predicted molar refractivity (Wildman–Crippen MR) is 65.2 cm³/mol. The van der Waals surface area contributed by atoms with E-state index < -0.39 is 0 Å². The first-order chi connectivity index (χ1) is 7.74. The Bertz CT molecular complexity index is 254. The van der Waals surface area contributed by atoms with Gasteiger partial charge >= 0.3 is 0 Å². The van der Waals surface area contributed by atoms with Crippen molar-refractivity contribution in [2.45, 2.75) is 45.6 Å². The van der Waals surface area contributed by atoms with Gasteiger partial charge in [0.2, 0.25) is 5.91 Å². The van der Waals surface area contributed by atoms with Crippen LogP contribution in [0.15, 0.2) is 0 Å². The van der Waals surface area contributed by atoms with Crippen molar-refractivity contribution >= 4 is 5.91 Å². The summed E-state index contributed by atoms with van der Waals surface area (Å²) in [6.45, 7) is 6.49. The number of carbonyl (C=O) groups is 1. The van der Waals surface area contributed by atoms with Gasteiger partial charge in [0.25, 0.3) is 0 Å². The molecule has 2 bridgehead atoms. The minimum Gasteiger partial charge on any atom is -0.355 e. The molecule has 0 aliphatic heterocycles. The van der Waals surface area contributed by atoms with Crippen molar-refractivity contribution in [2.75, 3.05) is 19.6 Å². The summed E-state index contributed by atoms with van der Waals surface area (Å²) in [6.07, 6.45) is 5.57. The number of carbonyl (C=O) groups excluding carboxylic acids is 1. The largest absolute Gasteiger partial charge is 0.355 e. The van der Waals surface area contributed by atoms with Crippen molar-refractivity contribution in [2.24, 2.45) is 11.8 Å². The number of amides is 1. The lowest BCUT2D eigenvalue weighted by atomic mass is 9.94. The molecule has 0 radical (unpaired) electrons. The van der Waals surface area contributed by atoms with Gasteiger partial charge in [0.15, 0.2) is 0 Å². The second-order valence-corrected chi connectivity index (χ2v) is 5.26.